The van der Waals surface area contributed by atoms with E-state index in [0.29, 0.717) is 12.2 Å². The van der Waals surface area contributed by atoms with Crippen LogP contribution in [0.1, 0.15) is 26.7 Å². The van der Waals surface area contributed by atoms with Gasteiger partial charge in [0, 0.05) is 19.3 Å². The number of aryl methyl sites for hydroxylation is 1. The van der Waals surface area contributed by atoms with Crippen molar-refractivity contribution in [3.8, 4) is 0 Å². The predicted octanol–water partition coefficient (Wildman–Crippen LogP) is 0.876. The van der Waals surface area contributed by atoms with Gasteiger partial charge in [-0.15, -0.1) is 0 Å². The van der Waals surface area contributed by atoms with Gasteiger partial charge >= 0.3 is 0 Å². The molecule has 0 saturated heterocycles. The average molecular weight is 210 g/mol. The van der Waals surface area contributed by atoms with E-state index in [1.54, 1.807) is 30.9 Å². The van der Waals surface area contributed by atoms with Gasteiger partial charge in [0.15, 0.2) is 5.82 Å². The maximum Gasteiger partial charge on any atom is 0.245 e. The lowest BCUT2D eigenvalue weighted by molar-refractivity contribution is -0.120. The maximum atomic E-state index is 11.7. The van der Waals surface area contributed by atoms with Crippen molar-refractivity contribution in [2.24, 2.45) is 12.8 Å². The Kier molecular flexibility index (Phi) is 3.47. The molecule has 15 heavy (non-hydrogen) atoms. The van der Waals surface area contributed by atoms with E-state index in [4.69, 9.17) is 5.73 Å². The number of rotatable bonds is 4. The molecule has 0 saturated carbocycles. The third-order valence-corrected chi connectivity index (χ3v) is 2.24. The fraction of sp³-hybridized carbons (Fsp3) is 0.600. The smallest absolute Gasteiger partial charge is 0.245 e. The zero-order valence-corrected chi connectivity index (χ0v) is 9.45. The van der Waals surface area contributed by atoms with Crippen LogP contribution in [0, 0.1) is 0 Å². The molecule has 0 aliphatic carbocycles. The normalized spacial score (nSPS) is 14.7. The minimum atomic E-state index is -0.827. The number of carbonyl (C=O) groups excluding carboxylic acids is 1. The van der Waals surface area contributed by atoms with Crippen LogP contribution in [0.15, 0.2) is 12.3 Å². The summed E-state index contributed by atoms with van der Waals surface area (Å²) in [5.74, 6) is 0.346. The Balaban J connectivity index is 2.63. The monoisotopic (exact) mass is 210 g/mol. The lowest BCUT2D eigenvalue weighted by atomic mass is 9.97. The summed E-state index contributed by atoms with van der Waals surface area (Å²) in [6.45, 7) is 3.73. The van der Waals surface area contributed by atoms with Gasteiger partial charge in [-0.2, -0.15) is 5.10 Å². The second kappa shape index (κ2) is 4.44. The SMILES string of the molecule is CCCC(C)(N)C(=O)Nc1ccn(C)n1. The molecular formula is C10H18N4O. The number of anilines is 1. The van der Waals surface area contributed by atoms with Crippen molar-refractivity contribution >= 4 is 11.7 Å². The molecule has 1 unspecified atom stereocenters. The molecule has 5 heteroatoms. The number of carbonyl (C=O) groups is 1. The lowest BCUT2D eigenvalue weighted by Gasteiger charge is -2.21. The van der Waals surface area contributed by atoms with Gasteiger partial charge in [-0.25, -0.2) is 0 Å². The molecular weight excluding hydrogens is 192 g/mol. The molecule has 0 aliphatic rings. The zero-order chi connectivity index (χ0) is 11.5. The Morgan fingerprint density at radius 3 is 2.87 bits per heavy atom. The van der Waals surface area contributed by atoms with Crippen LogP contribution in [0.3, 0.4) is 0 Å². The summed E-state index contributed by atoms with van der Waals surface area (Å²) in [4.78, 5) is 11.7. The Morgan fingerprint density at radius 2 is 2.40 bits per heavy atom. The van der Waals surface area contributed by atoms with Crippen molar-refractivity contribution in [2.45, 2.75) is 32.2 Å². The number of hydrogen-bond donors (Lipinski definition) is 2. The van der Waals surface area contributed by atoms with Crippen molar-refractivity contribution < 1.29 is 4.79 Å². The molecule has 0 bridgehead atoms. The lowest BCUT2D eigenvalue weighted by Crippen LogP contribution is -2.48. The second-order valence-corrected chi connectivity index (χ2v) is 4.00. The summed E-state index contributed by atoms with van der Waals surface area (Å²) >= 11 is 0. The summed E-state index contributed by atoms with van der Waals surface area (Å²) in [7, 11) is 1.79. The molecule has 0 aromatic carbocycles. The van der Waals surface area contributed by atoms with Crippen molar-refractivity contribution in [1.29, 1.82) is 0 Å². The van der Waals surface area contributed by atoms with Crippen LogP contribution in [0.4, 0.5) is 5.82 Å². The van der Waals surface area contributed by atoms with Crippen LogP contribution in [-0.2, 0) is 11.8 Å². The van der Waals surface area contributed by atoms with Crippen LogP contribution in [-0.4, -0.2) is 21.2 Å². The second-order valence-electron chi connectivity index (χ2n) is 4.00. The van der Waals surface area contributed by atoms with Crippen molar-refractivity contribution in [2.75, 3.05) is 5.32 Å². The van der Waals surface area contributed by atoms with Crippen molar-refractivity contribution in [3.63, 3.8) is 0 Å². The van der Waals surface area contributed by atoms with E-state index in [2.05, 4.69) is 10.4 Å². The van der Waals surface area contributed by atoms with Gasteiger partial charge < -0.3 is 11.1 Å². The van der Waals surface area contributed by atoms with Gasteiger partial charge in [0.05, 0.1) is 5.54 Å². The molecule has 0 spiro atoms. The molecule has 5 nitrogen and oxygen atoms in total. The van der Waals surface area contributed by atoms with E-state index in [0.717, 1.165) is 6.42 Å². The summed E-state index contributed by atoms with van der Waals surface area (Å²) in [5.41, 5.74) is 5.05. The third kappa shape index (κ3) is 3.06. The van der Waals surface area contributed by atoms with E-state index in [1.165, 1.54) is 0 Å². The zero-order valence-electron chi connectivity index (χ0n) is 9.45. The summed E-state index contributed by atoms with van der Waals surface area (Å²) in [6.07, 6.45) is 3.30. The standard InChI is InChI=1S/C10H18N4O/c1-4-6-10(2,11)9(15)12-8-5-7-14(3)13-8/h5,7H,4,6,11H2,1-3H3,(H,12,13,15). The van der Waals surface area contributed by atoms with Crippen LogP contribution >= 0.6 is 0 Å². The van der Waals surface area contributed by atoms with E-state index < -0.39 is 5.54 Å². The van der Waals surface area contributed by atoms with E-state index in [9.17, 15) is 4.79 Å². The minimum absolute atomic E-state index is 0.192. The number of aromatic nitrogens is 2. The van der Waals surface area contributed by atoms with Crippen LogP contribution in [0.2, 0.25) is 0 Å². The number of nitrogens with one attached hydrogen (secondary N) is 1. The number of nitrogens with zero attached hydrogens (tertiary/aromatic N) is 2. The Labute approximate surface area is 89.6 Å². The van der Waals surface area contributed by atoms with Gasteiger partial charge in [0.2, 0.25) is 5.91 Å². The third-order valence-electron chi connectivity index (χ3n) is 2.24. The first-order valence-corrected chi connectivity index (χ1v) is 5.05. The molecule has 84 valence electrons. The molecule has 0 radical (unpaired) electrons. The van der Waals surface area contributed by atoms with Gasteiger partial charge in [-0.3, -0.25) is 9.48 Å². The van der Waals surface area contributed by atoms with E-state index in [-0.39, 0.29) is 5.91 Å². The predicted molar refractivity (Wildman–Crippen MR) is 59.3 cm³/mol. The molecule has 3 N–H and O–H groups in total. The van der Waals surface area contributed by atoms with Gasteiger partial charge in [-0.1, -0.05) is 13.3 Å². The first-order chi connectivity index (χ1) is 6.95. The molecule has 1 heterocycles. The molecule has 1 aromatic rings. The average Bonchev–Trinajstić information content (AvgIpc) is 2.51. The largest absolute Gasteiger partial charge is 0.318 e. The number of nitrogens with two attached hydrogens (primary N) is 1. The van der Waals surface area contributed by atoms with Crippen molar-refractivity contribution in [3.05, 3.63) is 12.3 Å². The highest BCUT2D eigenvalue weighted by molar-refractivity contribution is 5.96. The van der Waals surface area contributed by atoms with Gasteiger partial charge in [0.1, 0.15) is 0 Å². The summed E-state index contributed by atoms with van der Waals surface area (Å²) in [6, 6.07) is 1.74. The van der Waals surface area contributed by atoms with Crippen molar-refractivity contribution in [1.82, 2.24) is 9.78 Å². The topological polar surface area (TPSA) is 72.9 Å². The minimum Gasteiger partial charge on any atom is -0.318 e. The highest BCUT2D eigenvalue weighted by Crippen LogP contribution is 2.11. The molecule has 1 amide bonds. The van der Waals surface area contributed by atoms with E-state index >= 15 is 0 Å². The van der Waals surface area contributed by atoms with E-state index in [1.807, 2.05) is 6.92 Å². The Morgan fingerprint density at radius 1 is 1.73 bits per heavy atom. The highest BCUT2D eigenvalue weighted by Gasteiger charge is 2.27. The fourth-order valence-corrected chi connectivity index (χ4v) is 1.37. The van der Waals surface area contributed by atoms with Crippen LogP contribution < -0.4 is 11.1 Å². The highest BCUT2D eigenvalue weighted by atomic mass is 16.2. The Hall–Kier alpha value is -1.36. The van der Waals surface area contributed by atoms with Crippen LogP contribution in [0.5, 0.6) is 0 Å². The Bertz CT molecular complexity index is 343. The first kappa shape index (κ1) is 11.7. The first-order valence-electron chi connectivity index (χ1n) is 5.05. The quantitative estimate of drug-likeness (QED) is 0.774. The molecule has 0 fully saturated rings. The summed E-state index contributed by atoms with van der Waals surface area (Å²) < 4.78 is 1.63. The molecule has 0 aliphatic heterocycles. The van der Waals surface area contributed by atoms with Crippen LogP contribution in [0.25, 0.3) is 0 Å². The van der Waals surface area contributed by atoms with Gasteiger partial charge in [-0.05, 0) is 13.3 Å². The maximum absolute atomic E-state index is 11.7. The van der Waals surface area contributed by atoms with Gasteiger partial charge in [0.25, 0.3) is 0 Å². The molecule has 1 atom stereocenters. The summed E-state index contributed by atoms with van der Waals surface area (Å²) in [5, 5.41) is 6.75. The molecule has 1 rings (SSSR count). The molecule has 1 aromatic heterocycles. The fourth-order valence-electron chi connectivity index (χ4n) is 1.37. The number of amides is 1. The number of hydrogen-bond acceptors (Lipinski definition) is 3.